The molecule has 3 aromatic carbocycles. The summed E-state index contributed by atoms with van der Waals surface area (Å²) in [6.45, 7) is 1.60. The molecule has 0 radical (unpaired) electrons. The highest BCUT2D eigenvalue weighted by Crippen LogP contribution is 2.38. The van der Waals surface area contributed by atoms with Crippen LogP contribution in [0.3, 0.4) is 0 Å². The van der Waals surface area contributed by atoms with Crippen LogP contribution < -0.4 is 20.3 Å². The molecular formula is C35H40F3N3O6. The predicted octanol–water partition coefficient (Wildman–Crippen LogP) is 7.35. The molecular weight excluding hydrogens is 615 g/mol. The molecule has 0 aliphatic heterocycles. The van der Waals surface area contributed by atoms with Gasteiger partial charge in [-0.1, -0.05) is 56.9 Å². The number of aliphatic hydroxyl groups excluding tert-OH is 1. The van der Waals surface area contributed by atoms with Gasteiger partial charge in [-0.3, -0.25) is 9.69 Å². The van der Waals surface area contributed by atoms with Crippen LogP contribution >= 0.6 is 0 Å². The second kappa shape index (κ2) is 16.3. The maximum atomic E-state index is 13.9. The van der Waals surface area contributed by atoms with Crippen molar-refractivity contribution < 1.29 is 42.5 Å². The van der Waals surface area contributed by atoms with E-state index in [1.54, 1.807) is 12.1 Å². The lowest BCUT2D eigenvalue weighted by Gasteiger charge is -2.26. The molecule has 0 spiro atoms. The van der Waals surface area contributed by atoms with E-state index in [-0.39, 0.29) is 30.2 Å². The second-order valence-electron chi connectivity index (χ2n) is 11.6. The molecule has 0 saturated heterocycles. The van der Waals surface area contributed by atoms with E-state index in [1.807, 2.05) is 31.2 Å². The number of nitrogens with one attached hydrogen (secondary N) is 2. The number of halogens is 3. The number of carbonyl (C=O) groups excluding carboxylic acids is 2. The van der Waals surface area contributed by atoms with Crippen molar-refractivity contribution >= 4 is 29.3 Å². The molecule has 1 fully saturated rings. The van der Waals surface area contributed by atoms with Gasteiger partial charge < -0.3 is 25.6 Å². The van der Waals surface area contributed by atoms with Gasteiger partial charge in [-0.05, 0) is 78.8 Å². The predicted molar refractivity (Wildman–Crippen MR) is 172 cm³/mol. The monoisotopic (exact) mass is 655 g/mol. The third-order valence-electron chi connectivity index (χ3n) is 8.12. The Kier molecular flexibility index (Phi) is 12.2. The minimum Gasteiger partial charge on any atom is -0.493 e. The highest BCUT2D eigenvalue weighted by atomic mass is 19.4. The number of carboxylic acid groups (broad SMARTS) is 1. The Balaban J connectivity index is 1.56. The van der Waals surface area contributed by atoms with Crippen LogP contribution in [0.4, 0.5) is 29.3 Å². The molecule has 3 aromatic rings. The summed E-state index contributed by atoms with van der Waals surface area (Å²) in [5, 5.41) is 23.2. The smallest absolute Gasteiger partial charge is 0.420 e. The van der Waals surface area contributed by atoms with Crippen molar-refractivity contribution in [1.82, 2.24) is 5.32 Å². The molecule has 252 valence electrons. The molecule has 1 aliphatic rings. The third kappa shape index (κ3) is 9.95. The molecule has 9 nitrogen and oxygen atoms in total. The van der Waals surface area contributed by atoms with Gasteiger partial charge in [-0.2, -0.15) is 13.2 Å². The number of ether oxygens (including phenoxy) is 1. The topological polar surface area (TPSA) is 128 Å². The fraction of sp³-hybridized carbons (Fsp3) is 0.400. The lowest BCUT2D eigenvalue weighted by molar-refractivity contribution is -0.146. The van der Waals surface area contributed by atoms with E-state index < -0.39 is 42.3 Å². The van der Waals surface area contributed by atoms with Gasteiger partial charge in [0.25, 0.3) is 5.91 Å². The molecule has 1 aliphatic carbocycles. The summed E-state index contributed by atoms with van der Waals surface area (Å²) in [4.78, 5) is 38.3. The maximum Gasteiger partial charge on any atom is 0.420 e. The Morgan fingerprint density at radius 1 is 0.979 bits per heavy atom. The van der Waals surface area contributed by atoms with Crippen LogP contribution in [0.2, 0.25) is 0 Å². The number of hydrogen-bond donors (Lipinski definition) is 4. The number of aliphatic carboxylic acids is 1. The number of urea groups is 1. The van der Waals surface area contributed by atoms with Crippen molar-refractivity contribution in [2.75, 3.05) is 23.4 Å². The fourth-order valence-corrected chi connectivity index (χ4v) is 5.44. The minimum atomic E-state index is -4.70. The van der Waals surface area contributed by atoms with Gasteiger partial charge in [0.1, 0.15) is 5.75 Å². The van der Waals surface area contributed by atoms with E-state index in [0.29, 0.717) is 23.6 Å². The van der Waals surface area contributed by atoms with Crippen molar-refractivity contribution in [2.24, 2.45) is 0 Å². The van der Waals surface area contributed by atoms with Crippen molar-refractivity contribution in [1.29, 1.82) is 0 Å². The number of alkyl halides is 3. The van der Waals surface area contributed by atoms with E-state index >= 15 is 0 Å². The van der Waals surface area contributed by atoms with Gasteiger partial charge in [0.2, 0.25) is 0 Å². The molecule has 0 heterocycles. The first-order chi connectivity index (χ1) is 22.5. The summed E-state index contributed by atoms with van der Waals surface area (Å²) in [5.41, 5.74) is 1.49. The first kappa shape index (κ1) is 35.3. The zero-order valence-corrected chi connectivity index (χ0v) is 26.2. The number of rotatable bonds is 13. The summed E-state index contributed by atoms with van der Waals surface area (Å²) >= 11 is 0. The molecule has 1 saturated carbocycles. The molecule has 4 N–H and O–H groups in total. The Bertz CT molecular complexity index is 1510. The standard InChI is InChI=1S/C35H40F3N3O6/c1-2-3-19-47-31-18-15-27(20-29(31)35(36,37)38)40-34(46)41(28-16-13-25(14-17-28)24-7-5-4-6-8-24)22-23-9-11-26(12-10-23)32(43)39-21-30(42)33(44)45/h9-18,20,24,30,42H,2-8,19,21-22H2,1H3,(H,39,43)(H,40,46)(H,44,45)/t30-/m1/s1. The normalized spacial score (nSPS) is 14.2. The molecule has 47 heavy (non-hydrogen) atoms. The largest absolute Gasteiger partial charge is 0.493 e. The number of carbonyl (C=O) groups is 3. The number of anilines is 2. The number of carboxylic acids is 1. The van der Waals surface area contributed by atoms with Gasteiger partial charge in [-0.25, -0.2) is 9.59 Å². The van der Waals surface area contributed by atoms with Crippen molar-refractivity contribution in [3.63, 3.8) is 0 Å². The average Bonchev–Trinajstić information content (AvgIpc) is 3.06. The second-order valence-corrected chi connectivity index (χ2v) is 11.6. The van der Waals surface area contributed by atoms with Gasteiger partial charge >= 0.3 is 18.2 Å². The van der Waals surface area contributed by atoms with Crippen molar-refractivity contribution in [2.45, 2.75) is 76.6 Å². The van der Waals surface area contributed by atoms with E-state index in [0.717, 1.165) is 38.2 Å². The number of amides is 3. The average molecular weight is 656 g/mol. The Morgan fingerprint density at radius 2 is 1.66 bits per heavy atom. The summed E-state index contributed by atoms with van der Waals surface area (Å²) in [6, 6.07) is 16.6. The highest BCUT2D eigenvalue weighted by molar-refractivity contribution is 6.02. The van der Waals surface area contributed by atoms with Gasteiger partial charge in [-0.15, -0.1) is 0 Å². The number of benzene rings is 3. The molecule has 1 atom stereocenters. The summed E-state index contributed by atoms with van der Waals surface area (Å²) in [5.74, 6) is -1.92. The zero-order valence-electron chi connectivity index (χ0n) is 26.2. The van der Waals surface area contributed by atoms with Crippen LogP contribution in [0, 0.1) is 0 Å². The first-order valence-electron chi connectivity index (χ1n) is 15.8. The molecule has 0 bridgehead atoms. The third-order valence-corrected chi connectivity index (χ3v) is 8.12. The molecule has 4 rings (SSSR count). The van der Waals surface area contributed by atoms with Crippen LogP contribution in [0.15, 0.2) is 66.7 Å². The van der Waals surface area contributed by atoms with E-state index in [2.05, 4.69) is 10.6 Å². The van der Waals surface area contributed by atoms with Crippen LogP contribution in [0.25, 0.3) is 0 Å². The Morgan fingerprint density at radius 3 is 2.28 bits per heavy atom. The highest BCUT2D eigenvalue weighted by Gasteiger charge is 2.35. The van der Waals surface area contributed by atoms with Crippen LogP contribution in [-0.4, -0.2) is 47.4 Å². The lowest BCUT2D eigenvalue weighted by atomic mass is 9.84. The Labute approximate surface area is 271 Å². The van der Waals surface area contributed by atoms with E-state index in [1.165, 1.54) is 41.1 Å². The Hall–Kier alpha value is -4.58. The van der Waals surface area contributed by atoms with E-state index in [4.69, 9.17) is 9.84 Å². The molecule has 0 unspecified atom stereocenters. The molecule has 12 heteroatoms. The van der Waals surface area contributed by atoms with Crippen LogP contribution in [-0.2, 0) is 17.5 Å². The van der Waals surface area contributed by atoms with Gasteiger partial charge in [0, 0.05) is 16.9 Å². The van der Waals surface area contributed by atoms with Crippen molar-refractivity contribution in [3.05, 3.63) is 89.0 Å². The van der Waals surface area contributed by atoms with Crippen molar-refractivity contribution in [3.8, 4) is 5.75 Å². The van der Waals surface area contributed by atoms with Crippen LogP contribution in [0.1, 0.15) is 84.8 Å². The summed E-state index contributed by atoms with van der Waals surface area (Å²) in [6.07, 6.45) is 0.660. The quantitative estimate of drug-likeness (QED) is 0.143. The SMILES string of the molecule is CCCCOc1ccc(NC(=O)N(Cc2ccc(C(=O)NC[C@@H](O)C(=O)O)cc2)c2ccc(C3CCCCC3)cc2)cc1C(F)(F)F. The zero-order chi connectivity index (χ0) is 34.0. The number of unbranched alkanes of at least 4 members (excludes halogenated alkanes) is 1. The first-order valence-corrected chi connectivity index (χ1v) is 15.8. The summed E-state index contributed by atoms with van der Waals surface area (Å²) in [7, 11) is 0. The fourth-order valence-electron chi connectivity index (χ4n) is 5.44. The minimum absolute atomic E-state index is 0.0264. The number of nitrogens with zero attached hydrogens (tertiary/aromatic N) is 1. The molecule has 0 aromatic heterocycles. The molecule has 3 amide bonds. The van der Waals surface area contributed by atoms with Gasteiger partial charge in [0.05, 0.1) is 25.3 Å². The van der Waals surface area contributed by atoms with E-state index in [9.17, 15) is 32.7 Å². The summed E-state index contributed by atoms with van der Waals surface area (Å²) < 4.78 is 47.1. The van der Waals surface area contributed by atoms with Gasteiger partial charge in [0.15, 0.2) is 6.10 Å². The lowest BCUT2D eigenvalue weighted by Crippen LogP contribution is -2.36. The van der Waals surface area contributed by atoms with Crippen LogP contribution in [0.5, 0.6) is 5.75 Å². The number of aliphatic hydroxyl groups is 1. The maximum absolute atomic E-state index is 13.9. The number of hydrogen-bond acceptors (Lipinski definition) is 5.